The van der Waals surface area contributed by atoms with Gasteiger partial charge in [0.1, 0.15) is 0 Å². The van der Waals surface area contributed by atoms with Crippen molar-refractivity contribution < 1.29 is 38.0 Å². The van der Waals surface area contributed by atoms with E-state index in [1.54, 1.807) is 13.8 Å². The molecule has 2 aromatic carbocycles. The number of benzene rings is 2. The number of rotatable bonds is 6. The molecule has 0 saturated heterocycles. The smallest absolute Gasteiger partial charge is 0.454 e. The van der Waals surface area contributed by atoms with Crippen LogP contribution >= 0.6 is 0 Å². The summed E-state index contributed by atoms with van der Waals surface area (Å²) in [5.41, 5.74) is 5.29. The number of hydrogen-bond acceptors (Lipinski definition) is 8. The summed E-state index contributed by atoms with van der Waals surface area (Å²) in [5, 5.41) is 1.05. The van der Waals surface area contributed by atoms with Gasteiger partial charge in [0.25, 0.3) is 0 Å². The van der Waals surface area contributed by atoms with Gasteiger partial charge in [-0.05, 0) is 49.1 Å². The zero-order valence-corrected chi connectivity index (χ0v) is 22.7. The van der Waals surface area contributed by atoms with Crippen LogP contribution < -0.4 is 18.9 Å². The number of fused-ring (bicyclic) bond motifs is 5. The number of carbonyl (C=O) groups is 2. The maximum atomic E-state index is 12.7. The van der Waals surface area contributed by atoms with Crippen molar-refractivity contribution in [1.29, 1.82) is 0 Å². The third-order valence-electron chi connectivity index (χ3n) is 7.13. The van der Waals surface area contributed by atoms with Gasteiger partial charge in [-0.25, -0.2) is 9.59 Å². The highest BCUT2D eigenvalue weighted by molar-refractivity contribution is 5.86. The maximum Gasteiger partial charge on any atom is 0.514 e. The van der Waals surface area contributed by atoms with E-state index in [9.17, 15) is 9.59 Å². The summed E-state index contributed by atoms with van der Waals surface area (Å²) >= 11 is 0. The maximum absolute atomic E-state index is 12.7. The van der Waals surface area contributed by atoms with Crippen molar-refractivity contribution >= 4 is 23.2 Å². The number of para-hydroxylation sites is 1. The molecule has 6 rings (SSSR count). The van der Waals surface area contributed by atoms with E-state index in [0.717, 1.165) is 27.7 Å². The molecule has 0 fully saturated rings. The third kappa shape index (κ3) is 4.20. The van der Waals surface area contributed by atoms with Gasteiger partial charge in [-0.1, -0.05) is 38.1 Å². The molecule has 40 heavy (non-hydrogen) atoms. The summed E-state index contributed by atoms with van der Waals surface area (Å²) in [6, 6.07) is 13.5. The lowest BCUT2D eigenvalue weighted by Crippen LogP contribution is -2.24. The van der Waals surface area contributed by atoms with Crippen molar-refractivity contribution in [3.63, 3.8) is 0 Å². The predicted molar refractivity (Wildman–Crippen MR) is 145 cm³/mol. The van der Waals surface area contributed by atoms with Crippen LogP contribution in [0.4, 0.5) is 9.59 Å². The highest BCUT2D eigenvalue weighted by atomic mass is 16.7. The van der Waals surface area contributed by atoms with E-state index in [2.05, 4.69) is 15.6 Å². The van der Waals surface area contributed by atoms with Gasteiger partial charge in [0.05, 0.1) is 30.6 Å². The average Bonchev–Trinajstić information content (AvgIpc) is 3.62. The molecule has 4 aromatic rings. The molecule has 0 amide bonds. The Labute approximate surface area is 230 Å². The van der Waals surface area contributed by atoms with Gasteiger partial charge in [-0.2, -0.15) is 0 Å². The Morgan fingerprint density at radius 2 is 1.68 bits per heavy atom. The Kier molecular flexibility index (Phi) is 6.53. The molecular weight excluding hydrogens is 516 g/mol. The van der Waals surface area contributed by atoms with Gasteiger partial charge in [0, 0.05) is 23.0 Å². The van der Waals surface area contributed by atoms with Crippen LogP contribution in [0, 0.1) is 0 Å². The Bertz CT molecular complexity index is 1620. The quantitative estimate of drug-likeness (QED) is 0.243. The lowest BCUT2D eigenvalue weighted by Gasteiger charge is -2.30. The average molecular weight is 547 g/mol. The zero-order valence-electron chi connectivity index (χ0n) is 22.7. The molecule has 0 saturated carbocycles. The van der Waals surface area contributed by atoms with Crippen molar-refractivity contribution in [3.8, 4) is 23.0 Å². The summed E-state index contributed by atoms with van der Waals surface area (Å²) in [7, 11) is 0. The van der Waals surface area contributed by atoms with E-state index >= 15 is 0 Å². The topological polar surface area (TPSA) is 110 Å². The van der Waals surface area contributed by atoms with Crippen LogP contribution in [0.25, 0.3) is 10.9 Å². The molecule has 0 bridgehead atoms. The Hall–Kier alpha value is -4.60. The first-order valence-electron chi connectivity index (χ1n) is 13.4. The molecule has 2 aliphatic rings. The molecule has 1 unspecified atom stereocenters. The van der Waals surface area contributed by atoms with Gasteiger partial charge >= 0.3 is 12.3 Å². The highest BCUT2D eigenvalue weighted by Crippen LogP contribution is 2.51. The second kappa shape index (κ2) is 10.2. The molecule has 0 aliphatic carbocycles. The summed E-state index contributed by atoms with van der Waals surface area (Å²) < 4.78 is 35.1. The summed E-state index contributed by atoms with van der Waals surface area (Å²) in [6.45, 7) is 7.79. The Balaban J connectivity index is 1.63. The molecule has 0 spiro atoms. The standard InChI is InChI=1S/C30H30N2O8/c1-5-35-29(33)39-27-21-14-19-18-9-7-8-10-20(18)31-24(19)26(17-11-12-22-23(13-17)38-15-37-22)32(21)25(16(3)4)28(27)40-30(34)36-6-2/h7-13,16,26,31H,5-6,14-15H2,1-4H3. The van der Waals surface area contributed by atoms with E-state index in [1.165, 1.54) is 0 Å². The first-order valence-corrected chi connectivity index (χ1v) is 13.4. The predicted octanol–water partition coefficient (Wildman–Crippen LogP) is 6.43. The van der Waals surface area contributed by atoms with Crippen molar-refractivity contribution in [3.05, 3.63) is 70.7 Å². The Morgan fingerprint density at radius 1 is 0.975 bits per heavy atom. The van der Waals surface area contributed by atoms with E-state index in [-0.39, 0.29) is 43.5 Å². The highest BCUT2D eigenvalue weighted by Gasteiger charge is 2.40. The molecule has 208 valence electrons. The number of ether oxygens (including phenoxy) is 6. The molecule has 10 nitrogen and oxygen atoms in total. The minimum absolute atomic E-state index is 0.131. The first-order chi connectivity index (χ1) is 19.4. The fourth-order valence-electron chi connectivity index (χ4n) is 5.62. The van der Waals surface area contributed by atoms with Crippen LogP contribution in [-0.4, -0.2) is 41.9 Å². The monoisotopic (exact) mass is 546 g/mol. The Morgan fingerprint density at radius 3 is 2.40 bits per heavy atom. The molecule has 1 N–H and O–H groups in total. The first kappa shape index (κ1) is 25.7. The number of aromatic nitrogens is 2. The number of nitrogens with zero attached hydrogens (tertiary/aromatic N) is 1. The summed E-state index contributed by atoms with van der Waals surface area (Å²) in [5.74, 6) is 1.45. The number of H-pyrrole nitrogens is 1. The van der Waals surface area contributed by atoms with Crippen molar-refractivity contribution in [2.45, 2.75) is 46.1 Å². The van der Waals surface area contributed by atoms with E-state index in [0.29, 0.717) is 29.3 Å². The zero-order chi connectivity index (χ0) is 28.0. The van der Waals surface area contributed by atoms with E-state index < -0.39 is 12.3 Å². The van der Waals surface area contributed by atoms with Crippen LogP contribution in [0.3, 0.4) is 0 Å². The van der Waals surface area contributed by atoms with Crippen molar-refractivity contribution in [2.75, 3.05) is 20.0 Å². The van der Waals surface area contributed by atoms with Gasteiger partial charge in [-0.3, -0.25) is 0 Å². The number of aromatic amines is 1. The molecule has 2 aromatic heterocycles. The van der Waals surface area contributed by atoms with Crippen LogP contribution in [0.2, 0.25) is 0 Å². The van der Waals surface area contributed by atoms with Gasteiger partial charge in [-0.15, -0.1) is 0 Å². The fraction of sp³-hybridized carbons (Fsp3) is 0.333. The van der Waals surface area contributed by atoms with Gasteiger partial charge in [0.15, 0.2) is 23.0 Å². The van der Waals surface area contributed by atoms with Gasteiger partial charge in [0.2, 0.25) is 6.79 Å². The lowest BCUT2D eigenvalue weighted by atomic mass is 9.92. The lowest BCUT2D eigenvalue weighted by molar-refractivity contribution is 0.0938. The van der Waals surface area contributed by atoms with Crippen LogP contribution in [0.1, 0.15) is 67.9 Å². The molecule has 2 aliphatic heterocycles. The molecule has 1 atom stereocenters. The molecule has 4 heterocycles. The van der Waals surface area contributed by atoms with Crippen LogP contribution in [-0.2, 0) is 15.9 Å². The summed E-state index contributed by atoms with van der Waals surface area (Å²) in [4.78, 5) is 28.9. The van der Waals surface area contributed by atoms with Crippen LogP contribution in [0.15, 0.2) is 42.5 Å². The minimum atomic E-state index is -0.885. The largest absolute Gasteiger partial charge is 0.514 e. The molecular formula is C30H30N2O8. The third-order valence-corrected chi connectivity index (χ3v) is 7.13. The second-order valence-electron chi connectivity index (χ2n) is 9.84. The van der Waals surface area contributed by atoms with E-state index in [1.807, 2.05) is 50.2 Å². The number of carbonyl (C=O) groups excluding carboxylic acids is 2. The normalized spacial score (nSPS) is 15.1. The van der Waals surface area contributed by atoms with Gasteiger partial charge < -0.3 is 38.0 Å². The second-order valence-corrected chi connectivity index (χ2v) is 9.84. The summed E-state index contributed by atoms with van der Waals surface area (Å²) in [6.07, 6.45) is -1.35. The SMILES string of the molecule is CCOC(=O)Oc1c(OC(=O)OCC)c(C(C)C)n2c1Cc1c([nH]c3ccccc13)C2c1ccc2c(c1)OCO2. The fourth-order valence-corrected chi connectivity index (χ4v) is 5.62. The number of hydrogen-bond donors (Lipinski definition) is 1. The number of nitrogens with one attached hydrogen (secondary N) is 1. The molecule has 0 radical (unpaired) electrons. The van der Waals surface area contributed by atoms with Crippen molar-refractivity contribution in [1.82, 2.24) is 9.55 Å². The molecule has 10 heteroatoms. The minimum Gasteiger partial charge on any atom is -0.454 e. The van der Waals surface area contributed by atoms with Crippen molar-refractivity contribution in [2.24, 2.45) is 0 Å². The van der Waals surface area contributed by atoms with E-state index in [4.69, 9.17) is 28.4 Å². The van der Waals surface area contributed by atoms with Crippen LogP contribution in [0.5, 0.6) is 23.0 Å².